The van der Waals surface area contributed by atoms with Gasteiger partial charge in [-0.2, -0.15) is 22.4 Å². The fourth-order valence-corrected chi connectivity index (χ4v) is 4.84. The van der Waals surface area contributed by atoms with Gasteiger partial charge in [-0.05, 0) is 24.6 Å². The molecule has 1 aliphatic rings. The van der Waals surface area contributed by atoms with E-state index in [9.17, 15) is 36.0 Å². The molecule has 0 spiro atoms. The molecule has 2 heterocycles. The van der Waals surface area contributed by atoms with Crippen molar-refractivity contribution in [2.75, 3.05) is 24.5 Å². The molecule has 0 aliphatic carbocycles. The van der Waals surface area contributed by atoms with E-state index in [0.29, 0.717) is 6.07 Å². The molecule has 9 nitrogen and oxygen atoms in total. The number of alkyl halides is 2. The van der Waals surface area contributed by atoms with E-state index in [0.717, 1.165) is 21.3 Å². The molecule has 184 valence electrons. The Labute approximate surface area is 196 Å². The number of nitriles is 1. The predicted octanol–water partition coefficient (Wildman–Crippen LogP) is 3.01. The monoisotopic (exact) mass is 511 g/mol. The summed E-state index contributed by atoms with van der Waals surface area (Å²) in [4.78, 5) is 16.6. The Morgan fingerprint density at radius 2 is 2.06 bits per heavy atom. The van der Waals surface area contributed by atoms with Crippen LogP contribution in [0.2, 0.25) is 0 Å². The van der Waals surface area contributed by atoms with E-state index in [4.69, 9.17) is 4.74 Å². The van der Waals surface area contributed by atoms with Crippen LogP contribution < -0.4 is 15.0 Å². The summed E-state index contributed by atoms with van der Waals surface area (Å²) >= 11 is 0. The molecule has 1 fully saturated rings. The molecular weight excluding hydrogens is 494 g/mol. The summed E-state index contributed by atoms with van der Waals surface area (Å²) in [6, 6.07) is 5.82. The largest absolute Gasteiger partial charge is 0.453 e. The minimum absolute atomic E-state index is 0.00972. The van der Waals surface area contributed by atoms with Crippen LogP contribution in [-0.2, 0) is 16.8 Å². The smallest absolute Gasteiger partial charge is 0.301 e. The van der Waals surface area contributed by atoms with Crippen LogP contribution in [0.5, 0.6) is 11.5 Å². The van der Waals surface area contributed by atoms with Crippen molar-refractivity contribution in [2.24, 2.45) is 0 Å². The van der Waals surface area contributed by atoms with Gasteiger partial charge in [0.15, 0.2) is 11.6 Å². The van der Waals surface area contributed by atoms with Crippen molar-refractivity contribution in [3.8, 4) is 17.6 Å². The minimum atomic E-state index is -4.38. The van der Waals surface area contributed by atoms with Gasteiger partial charge in [0.25, 0.3) is 5.56 Å². The Morgan fingerprint density at radius 3 is 2.71 bits per heavy atom. The van der Waals surface area contributed by atoms with E-state index in [1.807, 2.05) is 4.72 Å². The van der Waals surface area contributed by atoms with Gasteiger partial charge in [0, 0.05) is 19.2 Å². The zero-order valence-corrected chi connectivity index (χ0v) is 18.7. The number of hydrogen-bond donors (Lipinski definition) is 1. The van der Waals surface area contributed by atoms with E-state index in [1.54, 1.807) is 6.07 Å². The molecule has 4 rings (SSSR count). The summed E-state index contributed by atoms with van der Waals surface area (Å²) in [5.41, 5.74) is -1.67. The fraction of sp³-hybridized carbons (Fsp3) is 0.286. The number of rotatable bonds is 7. The summed E-state index contributed by atoms with van der Waals surface area (Å²) in [7, 11) is -4.38. The lowest BCUT2D eigenvalue weighted by atomic mass is 10.1. The van der Waals surface area contributed by atoms with Crippen LogP contribution in [0.15, 0.2) is 35.4 Å². The van der Waals surface area contributed by atoms with Crippen LogP contribution in [0.1, 0.15) is 12.0 Å². The molecule has 1 aliphatic heterocycles. The average molecular weight is 511 g/mol. The van der Waals surface area contributed by atoms with Gasteiger partial charge < -0.3 is 4.74 Å². The van der Waals surface area contributed by atoms with Crippen LogP contribution >= 0.6 is 0 Å². The van der Waals surface area contributed by atoms with Crippen molar-refractivity contribution in [3.63, 3.8) is 0 Å². The molecule has 14 heteroatoms. The van der Waals surface area contributed by atoms with Gasteiger partial charge in [-0.15, -0.1) is 0 Å². The molecular formula is C21H17F4N5O4S. The maximum Gasteiger partial charge on any atom is 0.301 e. The summed E-state index contributed by atoms with van der Waals surface area (Å²) < 4.78 is 89.4. The number of anilines is 1. The fourth-order valence-electron chi connectivity index (χ4n) is 3.57. The van der Waals surface area contributed by atoms with E-state index < -0.39 is 63.8 Å². The molecule has 0 unspecified atom stereocenters. The number of hydrogen-bond acceptors (Lipinski definition) is 6. The third-order valence-electron chi connectivity index (χ3n) is 5.30. The second-order valence-electron chi connectivity index (χ2n) is 7.60. The van der Waals surface area contributed by atoms with Crippen LogP contribution in [0.3, 0.4) is 0 Å². The van der Waals surface area contributed by atoms with Gasteiger partial charge in [0.2, 0.25) is 5.82 Å². The first kappa shape index (κ1) is 24.4. The average Bonchev–Trinajstić information content (AvgIpc) is 3.27. The number of benzene rings is 2. The Bertz CT molecular complexity index is 1510. The standard InChI is InChI=1S/C21H17F4N5O4S/c22-4-6-29-11-27-17-2-1-13(7-14(17)21(29)31)34-20-15(9-26)18(8-16(24)19(20)25)28-35(32,33)30-5-3-12(23)10-30/h1-2,7-8,11-12,28H,3-6,10H2/t12-/m1/s1. The van der Waals surface area contributed by atoms with Gasteiger partial charge in [-0.1, -0.05) is 0 Å². The summed E-state index contributed by atoms with van der Waals surface area (Å²) in [6.07, 6.45) is -0.237. The van der Waals surface area contributed by atoms with Crippen LogP contribution in [0.25, 0.3) is 10.9 Å². The summed E-state index contributed by atoms with van der Waals surface area (Å²) in [5.74, 6) is -4.21. The van der Waals surface area contributed by atoms with Gasteiger partial charge in [0.05, 0.1) is 29.5 Å². The zero-order chi connectivity index (χ0) is 25.3. The minimum Gasteiger partial charge on any atom is -0.453 e. The maximum atomic E-state index is 14.6. The third kappa shape index (κ3) is 4.77. The highest BCUT2D eigenvalue weighted by atomic mass is 32.2. The highest BCUT2D eigenvalue weighted by Gasteiger charge is 2.33. The number of halogens is 4. The first-order valence-electron chi connectivity index (χ1n) is 10.2. The highest BCUT2D eigenvalue weighted by Crippen LogP contribution is 2.36. The number of fused-ring (bicyclic) bond motifs is 1. The van der Waals surface area contributed by atoms with Crippen molar-refractivity contribution in [1.82, 2.24) is 13.9 Å². The number of ether oxygens (including phenoxy) is 1. The highest BCUT2D eigenvalue weighted by molar-refractivity contribution is 7.90. The second kappa shape index (κ2) is 9.51. The Hall–Kier alpha value is -3.70. The molecule has 35 heavy (non-hydrogen) atoms. The van der Waals surface area contributed by atoms with E-state index in [-0.39, 0.29) is 36.2 Å². The number of aromatic nitrogens is 2. The molecule has 0 radical (unpaired) electrons. The van der Waals surface area contributed by atoms with E-state index in [1.165, 1.54) is 12.1 Å². The normalized spacial score (nSPS) is 16.4. The Morgan fingerprint density at radius 1 is 1.29 bits per heavy atom. The van der Waals surface area contributed by atoms with Gasteiger partial charge in [-0.25, -0.2) is 18.2 Å². The lowest BCUT2D eigenvalue weighted by Crippen LogP contribution is -2.34. The lowest BCUT2D eigenvalue weighted by molar-refractivity contribution is 0.343. The maximum absolute atomic E-state index is 14.6. The van der Waals surface area contributed by atoms with Crippen molar-refractivity contribution >= 4 is 26.8 Å². The Balaban J connectivity index is 1.74. The molecule has 1 aromatic heterocycles. The molecule has 1 N–H and O–H groups in total. The third-order valence-corrected chi connectivity index (χ3v) is 6.79. The zero-order valence-electron chi connectivity index (χ0n) is 17.8. The van der Waals surface area contributed by atoms with Gasteiger partial charge in [0.1, 0.15) is 30.2 Å². The number of aryl methyl sites for hydroxylation is 1. The predicted molar refractivity (Wildman–Crippen MR) is 117 cm³/mol. The Kier molecular flexibility index (Phi) is 6.64. The van der Waals surface area contributed by atoms with Gasteiger partial charge >= 0.3 is 10.2 Å². The molecule has 1 atom stereocenters. The van der Waals surface area contributed by atoms with Crippen LogP contribution in [0.4, 0.5) is 23.2 Å². The molecule has 0 saturated carbocycles. The molecule has 0 bridgehead atoms. The molecule has 1 saturated heterocycles. The quantitative estimate of drug-likeness (QED) is 0.488. The number of nitrogens with zero attached hydrogens (tertiary/aromatic N) is 4. The number of nitrogens with one attached hydrogen (secondary N) is 1. The first-order chi connectivity index (χ1) is 16.6. The summed E-state index contributed by atoms with van der Waals surface area (Å²) in [5, 5.41) is 9.57. The van der Waals surface area contributed by atoms with Gasteiger partial charge in [-0.3, -0.25) is 14.1 Å². The van der Waals surface area contributed by atoms with Crippen LogP contribution in [-0.4, -0.2) is 48.2 Å². The van der Waals surface area contributed by atoms with Crippen LogP contribution in [0, 0.1) is 23.0 Å². The summed E-state index contributed by atoms with van der Waals surface area (Å²) in [6.45, 7) is -1.61. The SMILES string of the molecule is N#Cc1c(NS(=O)(=O)N2CC[C@@H](F)C2)cc(F)c(F)c1Oc1ccc2ncn(CCF)c(=O)c2c1. The second-order valence-corrected chi connectivity index (χ2v) is 9.27. The van der Waals surface area contributed by atoms with Crippen molar-refractivity contribution < 1.29 is 30.7 Å². The van der Waals surface area contributed by atoms with E-state index >= 15 is 0 Å². The first-order valence-corrected chi connectivity index (χ1v) is 11.7. The molecule has 0 amide bonds. The van der Waals surface area contributed by atoms with E-state index in [2.05, 4.69) is 4.98 Å². The van der Waals surface area contributed by atoms with Crippen molar-refractivity contribution in [2.45, 2.75) is 19.1 Å². The lowest BCUT2D eigenvalue weighted by Gasteiger charge is -2.19. The topological polar surface area (TPSA) is 117 Å². The molecule has 2 aromatic carbocycles. The molecule has 3 aromatic rings. The van der Waals surface area contributed by atoms with Crippen molar-refractivity contribution in [3.05, 3.63) is 58.1 Å². The van der Waals surface area contributed by atoms with Crippen molar-refractivity contribution in [1.29, 1.82) is 5.26 Å².